The summed E-state index contributed by atoms with van der Waals surface area (Å²) in [6.07, 6.45) is 0.279. The number of carbonyl (C=O) groups is 1. The fourth-order valence-corrected chi connectivity index (χ4v) is 1.38. The van der Waals surface area contributed by atoms with Crippen LogP contribution in [0, 0.1) is 17.0 Å². The fraction of sp³-hybridized carbons (Fsp3) is 0.364. The van der Waals surface area contributed by atoms with E-state index in [0.717, 1.165) is 5.56 Å². The van der Waals surface area contributed by atoms with Gasteiger partial charge in [0.1, 0.15) is 5.69 Å². The maximum Gasteiger partial charge on any atom is 0.292 e. The van der Waals surface area contributed by atoms with Crippen LogP contribution in [0.1, 0.15) is 12.0 Å². The molecule has 0 spiro atoms. The van der Waals surface area contributed by atoms with Gasteiger partial charge >= 0.3 is 0 Å². The van der Waals surface area contributed by atoms with Crippen molar-refractivity contribution in [3.63, 3.8) is 0 Å². The van der Waals surface area contributed by atoms with E-state index in [-0.39, 0.29) is 18.0 Å². The number of carbonyl (C=O) groups excluding carboxylic acids is 1. The molecule has 0 saturated heterocycles. The van der Waals surface area contributed by atoms with E-state index in [1.54, 1.807) is 26.1 Å². The number of hydrogen-bond donors (Lipinski definition) is 2. The van der Waals surface area contributed by atoms with Crippen LogP contribution in [0.2, 0.25) is 0 Å². The van der Waals surface area contributed by atoms with Gasteiger partial charge in [-0.3, -0.25) is 14.9 Å². The van der Waals surface area contributed by atoms with Crippen LogP contribution in [0.15, 0.2) is 18.2 Å². The molecule has 0 saturated carbocycles. The normalized spacial score (nSPS) is 9.76. The molecule has 0 aromatic heterocycles. The Bertz CT molecular complexity index is 432. The smallest absolute Gasteiger partial charge is 0.292 e. The highest BCUT2D eigenvalue weighted by Gasteiger charge is 2.13. The first kappa shape index (κ1) is 13.0. The lowest BCUT2D eigenvalue weighted by molar-refractivity contribution is -0.384. The molecule has 1 rings (SSSR count). The van der Waals surface area contributed by atoms with Crippen LogP contribution >= 0.6 is 0 Å². The number of rotatable bonds is 5. The molecule has 6 heteroatoms. The molecule has 1 aromatic carbocycles. The lowest BCUT2D eigenvalue weighted by Gasteiger charge is -2.07. The van der Waals surface area contributed by atoms with Gasteiger partial charge in [-0.25, -0.2) is 0 Å². The minimum absolute atomic E-state index is 0.0295. The van der Waals surface area contributed by atoms with Crippen LogP contribution in [0.5, 0.6) is 0 Å². The van der Waals surface area contributed by atoms with E-state index >= 15 is 0 Å². The van der Waals surface area contributed by atoms with Crippen molar-refractivity contribution in [2.75, 3.05) is 18.9 Å². The third-order valence-electron chi connectivity index (χ3n) is 2.30. The van der Waals surface area contributed by atoms with Gasteiger partial charge in [-0.15, -0.1) is 0 Å². The molecule has 0 atom stereocenters. The summed E-state index contributed by atoms with van der Waals surface area (Å²) in [4.78, 5) is 21.4. The molecule has 0 fully saturated rings. The summed E-state index contributed by atoms with van der Waals surface area (Å²) >= 11 is 0. The van der Waals surface area contributed by atoms with Crippen LogP contribution in [0.3, 0.4) is 0 Å². The molecule has 2 N–H and O–H groups in total. The summed E-state index contributed by atoms with van der Waals surface area (Å²) in [6.45, 7) is 2.16. The van der Waals surface area contributed by atoms with Crippen molar-refractivity contribution in [1.29, 1.82) is 0 Å². The van der Waals surface area contributed by atoms with Gasteiger partial charge in [-0.05, 0) is 18.6 Å². The first-order valence-corrected chi connectivity index (χ1v) is 5.24. The third kappa shape index (κ3) is 3.75. The molecule has 0 aliphatic rings. The van der Waals surface area contributed by atoms with Gasteiger partial charge in [0.05, 0.1) is 4.92 Å². The highest BCUT2D eigenvalue weighted by Crippen LogP contribution is 2.24. The average molecular weight is 237 g/mol. The number of nitro benzene ring substituents is 1. The summed E-state index contributed by atoms with van der Waals surface area (Å²) < 4.78 is 0. The fourth-order valence-electron chi connectivity index (χ4n) is 1.38. The van der Waals surface area contributed by atoms with E-state index in [1.165, 1.54) is 6.07 Å². The van der Waals surface area contributed by atoms with Crippen LogP contribution in [0.4, 0.5) is 11.4 Å². The SMILES string of the molecule is CNC(=O)CCNc1ccc(C)cc1[N+](=O)[O-]. The van der Waals surface area contributed by atoms with Gasteiger partial charge in [0.15, 0.2) is 0 Å². The first-order chi connectivity index (χ1) is 8.04. The number of anilines is 1. The van der Waals surface area contributed by atoms with Crippen molar-refractivity contribution in [3.8, 4) is 0 Å². The average Bonchev–Trinajstić information content (AvgIpc) is 2.30. The predicted molar refractivity (Wildman–Crippen MR) is 65.0 cm³/mol. The van der Waals surface area contributed by atoms with Crippen LogP contribution < -0.4 is 10.6 Å². The van der Waals surface area contributed by atoms with Crippen molar-refractivity contribution in [2.45, 2.75) is 13.3 Å². The Labute approximate surface area is 99.2 Å². The number of nitro groups is 1. The monoisotopic (exact) mass is 237 g/mol. The lowest BCUT2D eigenvalue weighted by atomic mass is 10.2. The predicted octanol–water partition coefficient (Wildman–Crippen LogP) is 1.45. The molecule has 0 bridgehead atoms. The second-order valence-corrected chi connectivity index (χ2v) is 3.63. The number of amides is 1. The molecule has 6 nitrogen and oxygen atoms in total. The van der Waals surface area contributed by atoms with E-state index in [1.807, 2.05) is 0 Å². The summed E-state index contributed by atoms with van der Waals surface area (Å²) in [5, 5.41) is 16.2. The van der Waals surface area contributed by atoms with Crippen molar-refractivity contribution >= 4 is 17.3 Å². The van der Waals surface area contributed by atoms with Gasteiger partial charge in [0.2, 0.25) is 5.91 Å². The Kier molecular flexibility index (Phi) is 4.45. The van der Waals surface area contributed by atoms with Crippen LogP contribution in [-0.2, 0) is 4.79 Å². The van der Waals surface area contributed by atoms with Gasteiger partial charge in [-0.2, -0.15) is 0 Å². The van der Waals surface area contributed by atoms with Crippen molar-refractivity contribution in [1.82, 2.24) is 5.32 Å². The number of benzene rings is 1. The second-order valence-electron chi connectivity index (χ2n) is 3.63. The number of nitrogens with one attached hydrogen (secondary N) is 2. The second kappa shape index (κ2) is 5.83. The molecule has 92 valence electrons. The molecular formula is C11H15N3O3. The topological polar surface area (TPSA) is 84.3 Å². The Morgan fingerprint density at radius 1 is 1.47 bits per heavy atom. The molecule has 17 heavy (non-hydrogen) atoms. The van der Waals surface area contributed by atoms with Crippen LogP contribution in [-0.4, -0.2) is 24.4 Å². The van der Waals surface area contributed by atoms with Crippen molar-refractivity contribution < 1.29 is 9.72 Å². The zero-order valence-corrected chi connectivity index (χ0v) is 9.82. The van der Waals surface area contributed by atoms with E-state index < -0.39 is 4.92 Å². The minimum Gasteiger partial charge on any atom is -0.379 e. The lowest BCUT2D eigenvalue weighted by Crippen LogP contribution is -2.21. The van der Waals surface area contributed by atoms with E-state index in [9.17, 15) is 14.9 Å². The Hall–Kier alpha value is -2.11. The van der Waals surface area contributed by atoms with Gasteiger partial charge in [0.25, 0.3) is 5.69 Å². The zero-order valence-electron chi connectivity index (χ0n) is 9.82. The number of aryl methyl sites for hydroxylation is 1. The molecule has 1 aromatic rings. The standard InChI is InChI=1S/C11H15N3O3/c1-8-3-4-9(10(7-8)14(16)17)13-6-5-11(15)12-2/h3-4,7,13H,5-6H2,1-2H3,(H,12,15). The molecule has 0 aliphatic carbocycles. The summed E-state index contributed by atoms with van der Waals surface area (Å²) in [6, 6.07) is 4.94. The summed E-state index contributed by atoms with van der Waals surface area (Å²) in [7, 11) is 1.55. The largest absolute Gasteiger partial charge is 0.379 e. The highest BCUT2D eigenvalue weighted by atomic mass is 16.6. The maximum absolute atomic E-state index is 11.0. The van der Waals surface area contributed by atoms with Crippen LogP contribution in [0.25, 0.3) is 0 Å². The summed E-state index contributed by atoms with van der Waals surface area (Å²) in [5.74, 6) is -0.104. The molecule has 0 radical (unpaired) electrons. The third-order valence-corrected chi connectivity index (χ3v) is 2.30. The highest BCUT2D eigenvalue weighted by molar-refractivity contribution is 5.76. The maximum atomic E-state index is 11.0. The minimum atomic E-state index is -0.435. The number of nitrogens with zero attached hydrogens (tertiary/aromatic N) is 1. The van der Waals surface area contributed by atoms with E-state index in [4.69, 9.17) is 0 Å². The molecular weight excluding hydrogens is 222 g/mol. The van der Waals surface area contributed by atoms with Gasteiger partial charge in [0, 0.05) is 26.1 Å². The zero-order chi connectivity index (χ0) is 12.8. The van der Waals surface area contributed by atoms with Gasteiger partial charge in [-0.1, -0.05) is 6.07 Å². The Morgan fingerprint density at radius 3 is 2.76 bits per heavy atom. The number of hydrogen-bond acceptors (Lipinski definition) is 4. The Balaban J connectivity index is 2.70. The quantitative estimate of drug-likeness (QED) is 0.599. The molecule has 0 unspecified atom stereocenters. The molecule has 0 aliphatic heterocycles. The van der Waals surface area contributed by atoms with E-state index in [0.29, 0.717) is 12.2 Å². The molecule has 1 amide bonds. The summed E-state index contributed by atoms with van der Waals surface area (Å²) in [5.41, 5.74) is 1.29. The van der Waals surface area contributed by atoms with Gasteiger partial charge < -0.3 is 10.6 Å². The van der Waals surface area contributed by atoms with E-state index in [2.05, 4.69) is 10.6 Å². The Morgan fingerprint density at radius 2 is 2.18 bits per heavy atom. The molecule has 0 heterocycles. The van der Waals surface area contributed by atoms with Crippen molar-refractivity contribution in [3.05, 3.63) is 33.9 Å². The first-order valence-electron chi connectivity index (χ1n) is 5.24. The van der Waals surface area contributed by atoms with Crippen molar-refractivity contribution in [2.24, 2.45) is 0 Å².